The average molecular weight is 225 g/mol. The second-order valence-corrected chi connectivity index (χ2v) is 3.52. The van der Waals surface area contributed by atoms with Gasteiger partial charge < -0.3 is 10.0 Å². The van der Waals surface area contributed by atoms with E-state index in [0.29, 0.717) is 5.56 Å². The highest BCUT2D eigenvalue weighted by Gasteiger charge is 2.12. The minimum Gasteiger partial charge on any atom is -0.481 e. The molecular weight excluding hydrogens is 209 g/mol. The third-order valence-electron chi connectivity index (χ3n) is 2.49. The monoisotopic (exact) mass is 225 g/mol. The smallest absolute Gasteiger partial charge is 0.307 e. The number of carboxylic acid groups (broad SMARTS) is 1. The number of rotatable bonds is 5. The topological polar surface area (TPSA) is 40.5 Å². The molecule has 0 aromatic heterocycles. The fourth-order valence-corrected chi connectivity index (χ4v) is 1.73. The van der Waals surface area contributed by atoms with Gasteiger partial charge in [0.1, 0.15) is 5.82 Å². The molecule has 0 atom stereocenters. The highest BCUT2D eigenvalue weighted by atomic mass is 19.1. The van der Waals surface area contributed by atoms with Crippen LogP contribution in [0.25, 0.3) is 0 Å². The Balaban J connectivity index is 3.10. The van der Waals surface area contributed by atoms with Gasteiger partial charge in [0.15, 0.2) is 0 Å². The van der Waals surface area contributed by atoms with Gasteiger partial charge in [-0.2, -0.15) is 0 Å². The summed E-state index contributed by atoms with van der Waals surface area (Å²) in [6.07, 6.45) is -0.149. The first-order chi connectivity index (χ1) is 7.58. The molecule has 0 unspecified atom stereocenters. The molecule has 1 aromatic carbocycles. The lowest BCUT2D eigenvalue weighted by Gasteiger charge is -2.23. The Labute approximate surface area is 94.5 Å². The van der Waals surface area contributed by atoms with Crippen LogP contribution in [0, 0.1) is 5.82 Å². The van der Waals surface area contributed by atoms with E-state index >= 15 is 0 Å². The molecule has 0 radical (unpaired) electrons. The van der Waals surface area contributed by atoms with Crippen LogP contribution in [-0.4, -0.2) is 24.2 Å². The molecule has 0 aliphatic rings. The molecule has 0 bridgehead atoms. The Bertz CT molecular complexity index is 375. The zero-order chi connectivity index (χ0) is 12.1. The predicted octanol–water partition coefficient (Wildman–Crippen LogP) is 2.30. The number of anilines is 1. The molecule has 16 heavy (non-hydrogen) atoms. The second-order valence-electron chi connectivity index (χ2n) is 3.52. The molecule has 0 saturated heterocycles. The highest BCUT2D eigenvalue weighted by Crippen LogP contribution is 2.22. The van der Waals surface area contributed by atoms with Crippen LogP contribution in [0.4, 0.5) is 10.1 Å². The van der Waals surface area contributed by atoms with Crippen LogP contribution in [-0.2, 0) is 11.2 Å². The molecule has 0 fully saturated rings. The summed E-state index contributed by atoms with van der Waals surface area (Å²) in [5, 5.41) is 8.77. The van der Waals surface area contributed by atoms with Gasteiger partial charge in [-0.15, -0.1) is 0 Å². The number of aliphatic carboxylic acids is 1. The van der Waals surface area contributed by atoms with E-state index in [4.69, 9.17) is 5.11 Å². The number of halogens is 1. The van der Waals surface area contributed by atoms with Gasteiger partial charge in [0.05, 0.1) is 6.42 Å². The zero-order valence-corrected chi connectivity index (χ0v) is 9.53. The van der Waals surface area contributed by atoms with Crippen LogP contribution < -0.4 is 4.90 Å². The van der Waals surface area contributed by atoms with Crippen molar-refractivity contribution in [3.05, 3.63) is 29.6 Å². The van der Waals surface area contributed by atoms with Crippen molar-refractivity contribution in [3.63, 3.8) is 0 Å². The fraction of sp³-hybridized carbons (Fsp3) is 0.417. The van der Waals surface area contributed by atoms with Crippen molar-refractivity contribution >= 4 is 11.7 Å². The van der Waals surface area contributed by atoms with Crippen molar-refractivity contribution in [2.45, 2.75) is 20.3 Å². The number of hydrogen-bond donors (Lipinski definition) is 1. The van der Waals surface area contributed by atoms with Crippen molar-refractivity contribution in [1.29, 1.82) is 0 Å². The Morgan fingerprint density at radius 1 is 1.38 bits per heavy atom. The molecule has 1 N–H and O–H groups in total. The van der Waals surface area contributed by atoms with E-state index in [1.54, 1.807) is 6.07 Å². The summed E-state index contributed by atoms with van der Waals surface area (Å²) >= 11 is 0. The molecule has 88 valence electrons. The molecule has 0 aliphatic heterocycles. The fourth-order valence-electron chi connectivity index (χ4n) is 1.73. The molecule has 0 aliphatic carbocycles. The van der Waals surface area contributed by atoms with E-state index in [9.17, 15) is 9.18 Å². The maximum absolute atomic E-state index is 13.1. The summed E-state index contributed by atoms with van der Waals surface area (Å²) in [7, 11) is 0. The van der Waals surface area contributed by atoms with Gasteiger partial charge >= 0.3 is 5.97 Å². The largest absolute Gasteiger partial charge is 0.481 e. The van der Waals surface area contributed by atoms with Crippen molar-refractivity contribution in [1.82, 2.24) is 0 Å². The molecule has 0 heterocycles. The van der Waals surface area contributed by atoms with Gasteiger partial charge in [-0.25, -0.2) is 4.39 Å². The lowest BCUT2D eigenvalue weighted by Crippen LogP contribution is -2.23. The summed E-state index contributed by atoms with van der Waals surface area (Å²) in [6.45, 7) is 5.51. The van der Waals surface area contributed by atoms with Gasteiger partial charge in [-0.05, 0) is 37.6 Å². The molecule has 3 nitrogen and oxygen atoms in total. The lowest BCUT2D eigenvalue weighted by molar-refractivity contribution is -0.136. The molecule has 0 saturated carbocycles. The third-order valence-corrected chi connectivity index (χ3v) is 2.49. The minimum atomic E-state index is -0.945. The van der Waals surface area contributed by atoms with Crippen LogP contribution in [0.5, 0.6) is 0 Å². The SMILES string of the molecule is CCN(CC)c1ccc(F)cc1CC(=O)O. The van der Waals surface area contributed by atoms with Gasteiger partial charge in [0.2, 0.25) is 0 Å². The van der Waals surface area contributed by atoms with E-state index in [-0.39, 0.29) is 6.42 Å². The summed E-state index contributed by atoms with van der Waals surface area (Å²) in [4.78, 5) is 12.7. The number of carbonyl (C=O) groups is 1. The normalized spacial score (nSPS) is 10.2. The average Bonchev–Trinajstić information content (AvgIpc) is 2.21. The first-order valence-electron chi connectivity index (χ1n) is 5.33. The maximum Gasteiger partial charge on any atom is 0.307 e. The van der Waals surface area contributed by atoms with Crippen LogP contribution in [0.2, 0.25) is 0 Å². The van der Waals surface area contributed by atoms with Crippen LogP contribution in [0.1, 0.15) is 19.4 Å². The number of nitrogens with zero attached hydrogens (tertiary/aromatic N) is 1. The number of hydrogen-bond acceptors (Lipinski definition) is 2. The minimum absolute atomic E-state index is 0.149. The summed E-state index contributed by atoms with van der Waals surface area (Å²) in [5.41, 5.74) is 1.32. The molecule has 0 amide bonds. The van der Waals surface area contributed by atoms with E-state index in [1.165, 1.54) is 12.1 Å². The summed E-state index contributed by atoms with van der Waals surface area (Å²) in [5.74, 6) is -1.34. The highest BCUT2D eigenvalue weighted by molar-refractivity contribution is 5.73. The van der Waals surface area contributed by atoms with Gasteiger partial charge in [0, 0.05) is 18.8 Å². The van der Waals surface area contributed by atoms with E-state index in [2.05, 4.69) is 0 Å². The van der Waals surface area contributed by atoms with E-state index < -0.39 is 11.8 Å². The first kappa shape index (κ1) is 12.5. The maximum atomic E-state index is 13.1. The van der Waals surface area contributed by atoms with Gasteiger partial charge in [-0.3, -0.25) is 4.79 Å². The zero-order valence-electron chi connectivity index (χ0n) is 9.53. The Morgan fingerprint density at radius 3 is 2.50 bits per heavy atom. The predicted molar refractivity (Wildman–Crippen MR) is 61.3 cm³/mol. The summed E-state index contributed by atoms with van der Waals surface area (Å²) < 4.78 is 13.1. The van der Waals surface area contributed by atoms with E-state index in [0.717, 1.165) is 18.8 Å². The summed E-state index contributed by atoms with van der Waals surface area (Å²) in [6, 6.07) is 4.29. The van der Waals surface area contributed by atoms with E-state index in [1.807, 2.05) is 18.7 Å². The van der Waals surface area contributed by atoms with Crippen molar-refractivity contribution in [2.75, 3.05) is 18.0 Å². The van der Waals surface area contributed by atoms with Gasteiger partial charge in [-0.1, -0.05) is 0 Å². The van der Waals surface area contributed by atoms with Crippen molar-refractivity contribution < 1.29 is 14.3 Å². The third kappa shape index (κ3) is 2.95. The molecular formula is C12H16FNO2. The molecule has 1 rings (SSSR count). The Hall–Kier alpha value is -1.58. The second kappa shape index (κ2) is 5.49. The number of carboxylic acids is 1. The lowest BCUT2D eigenvalue weighted by atomic mass is 10.1. The molecule has 1 aromatic rings. The molecule has 4 heteroatoms. The standard InChI is InChI=1S/C12H16FNO2/c1-3-14(4-2)11-6-5-10(13)7-9(11)8-12(15)16/h5-7H,3-4,8H2,1-2H3,(H,15,16). The number of benzene rings is 1. The van der Waals surface area contributed by atoms with Crippen LogP contribution >= 0.6 is 0 Å². The van der Waals surface area contributed by atoms with Crippen LogP contribution in [0.15, 0.2) is 18.2 Å². The van der Waals surface area contributed by atoms with Crippen LogP contribution in [0.3, 0.4) is 0 Å². The quantitative estimate of drug-likeness (QED) is 0.835. The Kier molecular flexibility index (Phi) is 4.28. The molecule has 0 spiro atoms. The Morgan fingerprint density at radius 2 is 2.00 bits per heavy atom. The van der Waals surface area contributed by atoms with Gasteiger partial charge in [0.25, 0.3) is 0 Å². The van der Waals surface area contributed by atoms with Crippen molar-refractivity contribution in [3.8, 4) is 0 Å². The van der Waals surface area contributed by atoms with Crippen molar-refractivity contribution in [2.24, 2.45) is 0 Å². The first-order valence-corrected chi connectivity index (χ1v) is 5.33.